The van der Waals surface area contributed by atoms with E-state index in [4.69, 9.17) is 10.00 Å². The maximum absolute atomic E-state index is 9.12. The van der Waals surface area contributed by atoms with Gasteiger partial charge in [0.05, 0.1) is 13.2 Å². The van der Waals surface area contributed by atoms with Crippen molar-refractivity contribution >= 4 is 0 Å². The van der Waals surface area contributed by atoms with Crippen molar-refractivity contribution in [1.29, 1.82) is 5.26 Å². The molecule has 0 fully saturated rings. The number of hydrogen-bond donors (Lipinski definition) is 0. The van der Waals surface area contributed by atoms with Gasteiger partial charge in [-0.1, -0.05) is 6.07 Å². The average Bonchev–Trinajstić information content (AvgIpc) is 2.40. The van der Waals surface area contributed by atoms with Gasteiger partial charge in [0.2, 0.25) is 0 Å². The van der Waals surface area contributed by atoms with Gasteiger partial charge in [-0.25, -0.2) is 0 Å². The standard InChI is InChI=1S/C16H24N2O/c1-12-13(2)15(19-6)8-7-14(12)9-10-18(5)16(3,4)11-17/h7-8H,9-10H2,1-6H3. The molecule has 0 atom stereocenters. The predicted molar refractivity (Wildman–Crippen MR) is 78.5 cm³/mol. The molecule has 0 heterocycles. The lowest BCUT2D eigenvalue weighted by Gasteiger charge is -2.29. The minimum atomic E-state index is -0.421. The van der Waals surface area contributed by atoms with Crippen LogP contribution in [0.1, 0.15) is 30.5 Å². The molecule has 1 aromatic carbocycles. The molecule has 3 nitrogen and oxygen atoms in total. The highest BCUT2D eigenvalue weighted by Crippen LogP contribution is 2.24. The van der Waals surface area contributed by atoms with Gasteiger partial charge < -0.3 is 4.74 Å². The Kier molecular flexibility index (Phi) is 4.97. The predicted octanol–water partition coefficient (Wildman–Crippen LogP) is 3.09. The first-order valence-electron chi connectivity index (χ1n) is 6.59. The maximum Gasteiger partial charge on any atom is 0.122 e. The molecule has 0 bridgehead atoms. The molecule has 0 spiro atoms. The van der Waals surface area contributed by atoms with Crippen molar-refractivity contribution in [3.05, 3.63) is 28.8 Å². The van der Waals surface area contributed by atoms with Gasteiger partial charge in [0.25, 0.3) is 0 Å². The Bertz CT molecular complexity index is 486. The quantitative estimate of drug-likeness (QED) is 0.816. The Morgan fingerprint density at radius 3 is 2.42 bits per heavy atom. The van der Waals surface area contributed by atoms with Crippen molar-refractivity contribution in [2.45, 2.75) is 39.7 Å². The number of nitrogens with zero attached hydrogens (tertiary/aromatic N) is 2. The van der Waals surface area contributed by atoms with Gasteiger partial charge in [0, 0.05) is 6.54 Å². The molecule has 0 saturated carbocycles. The summed E-state index contributed by atoms with van der Waals surface area (Å²) in [5.74, 6) is 0.937. The first-order chi connectivity index (χ1) is 8.83. The third-order valence-corrected chi connectivity index (χ3v) is 4.01. The van der Waals surface area contributed by atoms with Gasteiger partial charge in [0.15, 0.2) is 0 Å². The summed E-state index contributed by atoms with van der Waals surface area (Å²) < 4.78 is 5.32. The van der Waals surface area contributed by atoms with Crippen molar-refractivity contribution in [1.82, 2.24) is 4.90 Å². The zero-order valence-electron chi connectivity index (χ0n) is 12.9. The zero-order valence-corrected chi connectivity index (χ0v) is 12.9. The molecule has 0 N–H and O–H groups in total. The molecular weight excluding hydrogens is 236 g/mol. The van der Waals surface area contributed by atoms with Crippen LogP contribution in [0.25, 0.3) is 0 Å². The monoisotopic (exact) mass is 260 g/mol. The summed E-state index contributed by atoms with van der Waals surface area (Å²) in [6.45, 7) is 8.97. The van der Waals surface area contributed by atoms with Gasteiger partial charge in [-0.15, -0.1) is 0 Å². The summed E-state index contributed by atoms with van der Waals surface area (Å²) in [4.78, 5) is 2.09. The van der Waals surface area contributed by atoms with Crippen LogP contribution in [0.15, 0.2) is 12.1 Å². The van der Waals surface area contributed by atoms with Crippen molar-refractivity contribution in [2.75, 3.05) is 20.7 Å². The van der Waals surface area contributed by atoms with Crippen LogP contribution in [0.2, 0.25) is 0 Å². The van der Waals surface area contributed by atoms with Crippen molar-refractivity contribution in [3.8, 4) is 11.8 Å². The molecular formula is C16H24N2O. The Morgan fingerprint density at radius 1 is 1.26 bits per heavy atom. The van der Waals surface area contributed by atoms with E-state index in [2.05, 4.69) is 30.9 Å². The number of benzene rings is 1. The first-order valence-corrected chi connectivity index (χ1v) is 6.59. The van der Waals surface area contributed by atoms with Crippen LogP contribution < -0.4 is 4.74 Å². The van der Waals surface area contributed by atoms with Gasteiger partial charge >= 0.3 is 0 Å². The normalized spacial score (nSPS) is 11.5. The van der Waals surface area contributed by atoms with Gasteiger partial charge in [0.1, 0.15) is 11.3 Å². The summed E-state index contributed by atoms with van der Waals surface area (Å²) in [5.41, 5.74) is 3.37. The molecule has 0 amide bonds. The smallest absolute Gasteiger partial charge is 0.122 e. The molecule has 0 aliphatic rings. The Hall–Kier alpha value is -1.53. The van der Waals surface area contributed by atoms with E-state index in [0.717, 1.165) is 18.7 Å². The molecule has 0 aliphatic carbocycles. The molecule has 0 aliphatic heterocycles. The van der Waals surface area contributed by atoms with Crippen LogP contribution in [0.5, 0.6) is 5.75 Å². The minimum Gasteiger partial charge on any atom is -0.496 e. The lowest BCUT2D eigenvalue weighted by molar-refractivity contribution is 0.214. The third kappa shape index (κ3) is 3.48. The first kappa shape index (κ1) is 15.5. The molecule has 0 aromatic heterocycles. The lowest BCUT2D eigenvalue weighted by Crippen LogP contribution is -2.40. The van der Waals surface area contributed by atoms with Crippen LogP contribution in [0.3, 0.4) is 0 Å². The maximum atomic E-state index is 9.12. The summed E-state index contributed by atoms with van der Waals surface area (Å²) in [7, 11) is 3.69. The van der Waals surface area contributed by atoms with E-state index in [1.54, 1.807) is 7.11 Å². The molecule has 104 valence electrons. The highest BCUT2D eigenvalue weighted by molar-refractivity contribution is 5.43. The molecule has 19 heavy (non-hydrogen) atoms. The average molecular weight is 260 g/mol. The van der Waals surface area contributed by atoms with E-state index in [1.807, 2.05) is 27.0 Å². The largest absolute Gasteiger partial charge is 0.496 e. The number of likely N-dealkylation sites (N-methyl/N-ethyl adjacent to an activating group) is 1. The van der Waals surface area contributed by atoms with Gasteiger partial charge in [-0.3, -0.25) is 4.90 Å². The number of hydrogen-bond acceptors (Lipinski definition) is 3. The summed E-state index contributed by atoms with van der Waals surface area (Å²) in [5, 5.41) is 9.12. The fraction of sp³-hybridized carbons (Fsp3) is 0.562. The van der Waals surface area contributed by atoms with E-state index in [0.29, 0.717) is 0 Å². The van der Waals surface area contributed by atoms with E-state index in [1.165, 1.54) is 16.7 Å². The minimum absolute atomic E-state index is 0.421. The molecule has 0 unspecified atom stereocenters. The van der Waals surface area contributed by atoms with Crippen LogP contribution in [0, 0.1) is 25.2 Å². The zero-order chi connectivity index (χ0) is 14.6. The van der Waals surface area contributed by atoms with Crippen molar-refractivity contribution in [3.63, 3.8) is 0 Å². The Labute approximate surface area is 116 Å². The molecule has 0 radical (unpaired) electrons. The fourth-order valence-electron chi connectivity index (χ4n) is 2.00. The molecule has 3 heteroatoms. The van der Waals surface area contributed by atoms with Crippen LogP contribution in [-0.4, -0.2) is 31.1 Å². The summed E-state index contributed by atoms with van der Waals surface area (Å²) >= 11 is 0. The lowest BCUT2D eigenvalue weighted by atomic mass is 9.98. The number of nitriles is 1. The van der Waals surface area contributed by atoms with Gasteiger partial charge in [-0.2, -0.15) is 5.26 Å². The molecule has 0 saturated heterocycles. The van der Waals surface area contributed by atoms with Crippen molar-refractivity contribution < 1.29 is 4.74 Å². The van der Waals surface area contributed by atoms with Crippen molar-refractivity contribution in [2.24, 2.45) is 0 Å². The fourth-order valence-corrected chi connectivity index (χ4v) is 2.00. The van der Waals surface area contributed by atoms with Crippen LogP contribution in [-0.2, 0) is 6.42 Å². The third-order valence-electron chi connectivity index (χ3n) is 4.01. The second-order valence-electron chi connectivity index (χ2n) is 5.52. The Morgan fingerprint density at radius 2 is 1.89 bits per heavy atom. The highest BCUT2D eigenvalue weighted by atomic mass is 16.5. The summed E-state index contributed by atoms with van der Waals surface area (Å²) in [6.07, 6.45) is 0.943. The molecule has 1 rings (SSSR count). The van der Waals surface area contributed by atoms with Crippen LogP contribution in [0.4, 0.5) is 0 Å². The highest BCUT2D eigenvalue weighted by Gasteiger charge is 2.22. The molecule has 1 aromatic rings. The van der Waals surface area contributed by atoms with Gasteiger partial charge in [-0.05, 0) is 63.9 Å². The number of rotatable bonds is 5. The Balaban J connectivity index is 2.80. The van der Waals surface area contributed by atoms with E-state index < -0.39 is 5.54 Å². The van der Waals surface area contributed by atoms with E-state index in [9.17, 15) is 0 Å². The second-order valence-corrected chi connectivity index (χ2v) is 5.52. The van der Waals surface area contributed by atoms with Crippen LogP contribution >= 0.6 is 0 Å². The SMILES string of the molecule is COc1ccc(CCN(C)C(C)(C)C#N)c(C)c1C. The number of ether oxygens (including phenoxy) is 1. The van der Waals surface area contributed by atoms with E-state index >= 15 is 0 Å². The second kappa shape index (κ2) is 6.08. The number of methoxy groups -OCH3 is 1. The topological polar surface area (TPSA) is 36.3 Å². The van der Waals surface area contributed by atoms with E-state index in [-0.39, 0.29) is 0 Å². The summed E-state index contributed by atoms with van der Waals surface area (Å²) in [6, 6.07) is 6.47.